The summed E-state index contributed by atoms with van der Waals surface area (Å²) in [6.07, 6.45) is 4.01. The van der Waals surface area contributed by atoms with Crippen molar-refractivity contribution in [3.63, 3.8) is 0 Å². The van der Waals surface area contributed by atoms with Gasteiger partial charge in [-0.05, 0) is 12.0 Å². The van der Waals surface area contributed by atoms with Crippen molar-refractivity contribution in [3.05, 3.63) is 33.9 Å². The average Bonchev–Trinajstić information content (AvgIpc) is 2.62. The normalized spacial score (nSPS) is 11.0. The standard InChI is InChI=1S/C12H14N2O3/c1-4-7-5-14(3)11(15)9-8(12(16)17)6-13(2)10(7)9/h5-6H,4H2,1-3H3,(H,16,17). The fourth-order valence-electron chi connectivity index (χ4n) is 2.18. The third-order valence-electron chi connectivity index (χ3n) is 2.98. The molecule has 0 saturated carbocycles. The fourth-order valence-corrected chi connectivity index (χ4v) is 2.18. The minimum atomic E-state index is -1.07. The largest absolute Gasteiger partial charge is 0.478 e. The van der Waals surface area contributed by atoms with Gasteiger partial charge in [0.05, 0.1) is 16.5 Å². The Morgan fingerprint density at radius 3 is 2.47 bits per heavy atom. The van der Waals surface area contributed by atoms with Crippen LogP contribution in [0.2, 0.25) is 0 Å². The summed E-state index contributed by atoms with van der Waals surface area (Å²) in [5.41, 5.74) is 1.48. The molecule has 2 rings (SSSR count). The molecule has 90 valence electrons. The van der Waals surface area contributed by atoms with E-state index in [0.29, 0.717) is 10.9 Å². The number of carboxylic acids is 1. The Bertz CT molecular complexity index is 664. The van der Waals surface area contributed by atoms with Gasteiger partial charge >= 0.3 is 5.97 Å². The lowest BCUT2D eigenvalue weighted by Crippen LogP contribution is -2.18. The first kappa shape index (κ1) is 11.4. The van der Waals surface area contributed by atoms with E-state index in [0.717, 1.165) is 12.0 Å². The summed E-state index contributed by atoms with van der Waals surface area (Å²) < 4.78 is 3.15. The van der Waals surface area contributed by atoms with Gasteiger partial charge < -0.3 is 14.2 Å². The zero-order valence-electron chi connectivity index (χ0n) is 10.0. The van der Waals surface area contributed by atoms with Crippen molar-refractivity contribution >= 4 is 16.9 Å². The van der Waals surface area contributed by atoms with Crippen LogP contribution < -0.4 is 5.56 Å². The third kappa shape index (κ3) is 1.54. The van der Waals surface area contributed by atoms with Gasteiger partial charge in [0, 0.05) is 26.5 Å². The van der Waals surface area contributed by atoms with Crippen molar-refractivity contribution in [2.24, 2.45) is 14.1 Å². The van der Waals surface area contributed by atoms with Gasteiger partial charge in [-0.15, -0.1) is 0 Å². The van der Waals surface area contributed by atoms with E-state index in [-0.39, 0.29) is 11.1 Å². The molecule has 0 aliphatic carbocycles. The van der Waals surface area contributed by atoms with E-state index in [1.54, 1.807) is 24.9 Å². The molecule has 0 aliphatic heterocycles. The molecule has 17 heavy (non-hydrogen) atoms. The predicted octanol–water partition coefficient (Wildman–Crippen LogP) is 1.14. The zero-order chi connectivity index (χ0) is 12.7. The Balaban J connectivity index is 3.06. The summed E-state index contributed by atoms with van der Waals surface area (Å²) in [5.74, 6) is -1.07. The second-order valence-electron chi connectivity index (χ2n) is 4.11. The molecule has 0 saturated heterocycles. The number of rotatable bonds is 2. The SMILES string of the molecule is CCc1cn(C)c(=O)c2c(C(=O)O)cn(C)c12. The van der Waals surface area contributed by atoms with Crippen molar-refractivity contribution in [1.82, 2.24) is 9.13 Å². The summed E-state index contributed by atoms with van der Waals surface area (Å²) in [4.78, 5) is 23.2. The Hall–Kier alpha value is -2.04. The molecule has 0 spiro atoms. The van der Waals surface area contributed by atoms with Crippen LogP contribution in [0, 0.1) is 0 Å². The minimum Gasteiger partial charge on any atom is -0.478 e. The molecule has 0 radical (unpaired) electrons. The van der Waals surface area contributed by atoms with Crippen molar-refractivity contribution in [1.29, 1.82) is 0 Å². The molecule has 2 heterocycles. The quantitative estimate of drug-likeness (QED) is 0.847. The number of hydrogen-bond donors (Lipinski definition) is 1. The second-order valence-corrected chi connectivity index (χ2v) is 4.11. The number of nitrogens with zero attached hydrogens (tertiary/aromatic N) is 2. The van der Waals surface area contributed by atoms with Crippen LogP contribution in [0.5, 0.6) is 0 Å². The zero-order valence-corrected chi connectivity index (χ0v) is 10.0. The highest BCUT2D eigenvalue weighted by Crippen LogP contribution is 2.21. The molecule has 0 atom stereocenters. The molecule has 0 bridgehead atoms. The van der Waals surface area contributed by atoms with Gasteiger partial charge in [0.15, 0.2) is 0 Å². The highest BCUT2D eigenvalue weighted by atomic mass is 16.4. The summed E-state index contributed by atoms with van der Waals surface area (Å²) in [6, 6.07) is 0. The Labute approximate surface area is 97.9 Å². The maximum absolute atomic E-state index is 12.0. The number of aromatic nitrogens is 2. The van der Waals surface area contributed by atoms with E-state index in [2.05, 4.69) is 0 Å². The number of carboxylic acid groups (broad SMARTS) is 1. The molecular formula is C12H14N2O3. The molecule has 0 unspecified atom stereocenters. The van der Waals surface area contributed by atoms with Crippen molar-refractivity contribution in [3.8, 4) is 0 Å². The molecule has 5 nitrogen and oxygen atoms in total. The minimum absolute atomic E-state index is 0.0680. The molecule has 0 fully saturated rings. The molecular weight excluding hydrogens is 220 g/mol. The number of aromatic carboxylic acids is 1. The summed E-state index contributed by atoms with van der Waals surface area (Å²) in [7, 11) is 3.40. The first-order chi connectivity index (χ1) is 7.97. The van der Waals surface area contributed by atoms with Gasteiger partial charge in [-0.1, -0.05) is 6.92 Å². The molecule has 1 N–H and O–H groups in total. The van der Waals surface area contributed by atoms with Gasteiger partial charge in [0.25, 0.3) is 5.56 Å². The molecule has 0 amide bonds. The number of hydrogen-bond acceptors (Lipinski definition) is 2. The molecule has 2 aromatic rings. The number of fused-ring (bicyclic) bond motifs is 1. The van der Waals surface area contributed by atoms with Crippen LogP contribution in [0.3, 0.4) is 0 Å². The van der Waals surface area contributed by atoms with Crippen LogP contribution in [0.1, 0.15) is 22.8 Å². The smallest absolute Gasteiger partial charge is 0.338 e. The van der Waals surface area contributed by atoms with Crippen LogP contribution in [0.25, 0.3) is 10.9 Å². The van der Waals surface area contributed by atoms with Gasteiger partial charge in [-0.3, -0.25) is 4.79 Å². The first-order valence-corrected chi connectivity index (χ1v) is 5.38. The highest BCUT2D eigenvalue weighted by Gasteiger charge is 2.18. The van der Waals surface area contributed by atoms with Crippen molar-refractivity contribution in [2.75, 3.05) is 0 Å². The topological polar surface area (TPSA) is 64.2 Å². The van der Waals surface area contributed by atoms with Crippen LogP contribution >= 0.6 is 0 Å². The van der Waals surface area contributed by atoms with E-state index in [4.69, 9.17) is 5.11 Å². The third-order valence-corrected chi connectivity index (χ3v) is 2.98. The summed E-state index contributed by atoms with van der Waals surface area (Å²) in [5, 5.41) is 9.41. The fraction of sp³-hybridized carbons (Fsp3) is 0.333. The first-order valence-electron chi connectivity index (χ1n) is 5.38. The van der Waals surface area contributed by atoms with E-state index >= 15 is 0 Å². The lowest BCUT2D eigenvalue weighted by molar-refractivity contribution is 0.0698. The van der Waals surface area contributed by atoms with Crippen molar-refractivity contribution in [2.45, 2.75) is 13.3 Å². The Morgan fingerprint density at radius 2 is 1.94 bits per heavy atom. The van der Waals surface area contributed by atoms with Gasteiger partial charge in [0.1, 0.15) is 0 Å². The molecule has 5 heteroatoms. The highest BCUT2D eigenvalue weighted by molar-refractivity contribution is 6.03. The van der Waals surface area contributed by atoms with Gasteiger partial charge in [-0.25, -0.2) is 4.79 Å². The Morgan fingerprint density at radius 1 is 1.29 bits per heavy atom. The van der Waals surface area contributed by atoms with E-state index < -0.39 is 5.97 Å². The monoisotopic (exact) mass is 234 g/mol. The summed E-state index contributed by atoms with van der Waals surface area (Å²) in [6.45, 7) is 1.98. The summed E-state index contributed by atoms with van der Waals surface area (Å²) >= 11 is 0. The lowest BCUT2D eigenvalue weighted by atomic mass is 10.1. The van der Waals surface area contributed by atoms with E-state index in [1.807, 2.05) is 6.92 Å². The van der Waals surface area contributed by atoms with Crippen molar-refractivity contribution < 1.29 is 9.90 Å². The number of pyridine rings is 1. The van der Waals surface area contributed by atoms with E-state index in [9.17, 15) is 9.59 Å². The van der Waals surface area contributed by atoms with Crippen LogP contribution in [0.4, 0.5) is 0 Å². The Kier molecular flexibility index (Phi) is 2.53. The van der Waals surface area contributed by atoms with Gasteiger partial charge in [-0.2, -0.15) is 0 Å². The molecule has 0 aliphatic rings. The molecule has 0 aromatic carbocycles. The van der Waals surface area contributed by atoms with Crippen LogP contribution in [-0.4, -0.2) is 20.2 Å². The molecule has 2 aromatic heterocycles. The number of carbonyl (C=O) groups is 1. The predicted molar refractivity (Wildman–Crippen MR) is 64.5 cm³/mol. The maximum Gasteiger partial charge on any atom is 0.338 e. The average molecular weight is 234 g/mol. The maximum atomic E-state index is 12.0. The van der Waals surface area contributed by atoms with Gasteiger partial charge in [0.2, 0.25) is 0 Å². The number of aryl methyl sites for hydroxylation is 3. The van der Waals surface area contributed by atoms with Crippen LogP contribution in [-0.2, 0) is 20.5 Å². The second kappa shape index (κ2) is 3.76. The lowest BCUT2D eigenvalue weighted by Gasteiger charge is -2.06. The van der Waals surface area contributed by atoms with Crippen LogP contribution in [0.15, 0.2) is 17.2 Å². The van der Waals surface area contributed by atoms with E-state index in [1.165, 1.54) is 10.8 Å².